The van der Waals surface area contributed by atoms with E-state index >= 15 is 0 Å². The van der Waals surface area contributed by atoms with E-state index in [9.17, 15) is 4.79 Å². The van der Waals surface area contributed by atoms with Gasteiger partial charge in [0.05, 0.1) is 6.61 Å². The standard InChI is InChI=1S/C11H24N2O2/c1-4-6-15-7-5-11(14)13-10(8-12)9(2)3/h9-10H,4-8,12H2,1-3H3,(H,13,14). The average Bonchev–Trinajstić information content (AvgIpc) is 2.20. The van der Waals surface area contributed by atoms with Gasteiger partial charge in [0, 0.05) is 25.6 Å². The van der Waals surface area contributed by atoms with Crippen molar-refractivity contribution < 1.29 is 9.53 Å². The molecule has 0 aromatic carbocycles. The molecule has 0 heterocycles. The van der Waals surface area contributed by atoms with E-state index in [2.05, 4.69) is 5.32 Å². The van der Waals surface area contributed by atoms with Gasteiger partial charge in [0.2, 0.25) is 5.91 Å². The van der Waals surface area contributed by atoms with Gasteiger partial charge in [0.15, 0.2) is 0 Å². The third kappa shape index (κ3) is 7.33. The molecule has 90 valence electrons. The van der Waals surface area contributed by atoms with Gasteiger partial charge in [-0.3, -0.25) is 4.79 Å². The quantitative estimate of drug-likeness (QED) is 0.593. The van der Waals surface area contributed by atoms with E-state index in [0.717, 1.165) is 13.0 Å². The molecule has 1 amide bonds. The lowest BCUT2D eigenvalue weighted by Gasteiger charge is -2.20. The van der Waals surface area contributed by atoms with Crippen LogP contribution in [0.1, 0.15) is 33.6 Å². The highest BCUT2D eigenvalue weighted by Crippen LogP contribution is 1.99. The first-order valence-corrected chi connectivity index (χ1v) is 5.69. The summed E-state index contributed by atoms with van der Waals surface area (Å²) in [5.74, 6) is 0.394. The Bertz CT molecular complexity index is 172. The van der Waals surface area contributed by atoms with E-state index in [1.54, 1.807) is 0 Å². The molecule has 1 unspecified atom stereocenters. The second kappa shape index (κ2) is 8.68. The SMILES string of the molecule is CCCOCCC(=O)NC(CN)C(C)C. The molecule has 0 aromatic rings. The Balaban J connectivity index is 3.62. The van der Waals surface area contributed by atoms with Crippen LogP contribution in [0.15, 0.2) is 0 Å². The summed E-state index contributed by atoms with van der Waals surface area (Å²) in [4.78, 5) is 11.4. The Morgan fingerprint density at radius 1 is 1.40 bits per heavy atom. The van der Waals surface area contributed by atoms with Gasteiger partial charge in [-0.15, -0.1) is 0 Å². The van der Waals surface area contributed by atoms with Crippen LogP contribution < -0.4 is 11.1 Å². The lowest BCUT2D eigenvalue weighted by Crippen LogP contribution is -2.43. The number of hydrogen-bond acceptors (Lipinski definition) is 3. The fraction of sp³-hybridized carbons (Fsp3) is 0.909. The molecule has 4 heteroatoms. The molecule has 3 N–H and O–H groups in total. The van der Waals surface area contributed by atoms with Crippen LogP contribution in [0, 0.1) is 5.92 Å². The molecule has 0 aliphatic heterocycles. The zero-order valence-corrected chi connectivity index (χ0v) is 10.1. The predicted molar refractivity (Wildman–Crippen MR) is 61.6 cm³/mol. The lowest BCUT2D eigenvalue weighted by atomic mass is 10.0. The summed E-state index contributed by atoms with van der Waals surface area (Å²) in [6.07, 6.45) is 1.41. The van der Waals surface area contributed by atoms with Gasteiger partial charge in [0.1, 0.15) is 0 Å². The predicted octanol–water partition coefficient (Wildman–Crippen LogP) is 0.903. The number of ether oxygens (including phenoxy) is 1. The number of carbonyl (C=O) groups is 1. The number of amides is 1. The maximum Gasteiger partial charge on any atom is 0.222 e. The van der Waals surface area contributed by atoms with Crippen LogP contribution in [0.4, 0.5) is 0 Å². The van der Waals surface area contributed by atoms with Crippen LogP contribution in [-0.4, -0.2) is 31.7 Å². The third-order valence-electron chi connectivity index (χ3n) is 2.23. The topological polar surface area (TPSA) is 64.3 Å². The molecular weight excluding hydrogens is 192 g/mol. The maximum atomic E-state index is 11.4. The van der Waals surface area contributed by atoms with Crippen LogP contribution in [0.2, 0.25) is 0 Å². The number of carbonyl (C=O) groups excluding carboxylic acids is 1. The van der Waals surface area contributed by atoms with Crippen LogP contribution in [0.25, 0.3) is 0 Å². The van der Waals surface area contributed by atoms with Crippen molar-refractivity contribution in [3.05, 3.63) is 0 Å². The molecule has 0 rings (SSSR count). The van der Waals surface area contributed by atoms with Crippen molar-refractivity contribution in [2.45, 2.75) is 39.7 Å². The Hall–Kier alpha value is -0.610. The van der Waals surface area contributed by atoms with Gasteiger partial charge in [-0.25, -0.2) is 0 Å². The molecule has 0 aromatic heterocycles. The van der Waals surface area contributed by atoms with Crippen molar-refractivity contribution >= 4 is 5.91 Å². The van der Waals surface area contributed by atoms with Crippen molar-refractivity contribution in [2.24, 2.45) is 11.7 Å². The highest BCUT2D eigenvalue weighted by molar-refractivity contribution is 5.76. The normalized spacial score (nSPS) is 12.9. The van der Waals surface area contributed by atoms with Crippen molar-refractivity contribution in [1.29, 1.82) is 0 Å². The second-order valence-corrected chi connectivity index (χ2v) is 4.02. The largest absolute Gasteiger partial charge is 0.381 e. The van der Waals surface area contributed by atoms with Gasteiger partial charge < -0.3 is 15.8 Å². The van der Waals surface area contributed by atoms with Crippen LogP contribution in [0.5, 0.6) is 0 Å². The van der Waals surface area contributed by atoms with Crippen molar-refractivity contribution in [1.82, 2.24) is 5.32 Å². The fourth-order valence-electron chi connectivity index (χ4n) is 1.19. The summed E-state index contributed by atoms with van der Waals surface area (Å²) in [6.45, 7) is 7.84. The third-order valence-corrected chi connectivity index (χ3v) is 2.23. The maximum absolute atomic E-state index is 11.4. The number of rotatable bonds is 8. The highest BCUT2D eigenvalue weighted by Gasteiger charge is 2.13. The molecule has 0 saturated heterocycles. The molecule has 4 nitrogen and oxygen atoms in total. The van der Waals surface area contributed by atoms with E-state index in [0.29, 0.717) is 25.5 Å². The Morgan fingerprint density at radius 2 is 2.07 bits per heavy atom. The summed E-state index contributed by atoms with van der Waals surface area (Å²) in [5, 5.41) is 2.90. The van der Waals surface area contributed by atoms with Gasteiger partial charge in [0.25, 0.3) is 0 Å². The van der Waals surface area contributed by atoms with E-state index in [1.165, 1.54) is 0 Å². The first-order valence-electron chi connectivity index (χ1n) is 5.69. The Labute approximate surface area is 92.6 Å². The van der Waals surface area contributed by atoms with Crippen molar-refractivity contribution in [3.63, 3.8) is 0 Å². The summed E-state index contributed by atoms with van der Waals surface area (Å²) < 4.78 is 5.24. The van der Waals surface area contributed by atoms with Gasteiger partial charge in [-0.05, 0) is 12.3 Å². The van der Waals surface area contributed by atoms with Crippen molar-refractivity contribution in [3.8, 4) is 0 Å². The number of nitrogens with one attached hydrogen (secondary N) is 1. The van der Waals surface area contributed by atoms with E-state index < -0.39 is 0 Å². The first-order chi connectivity index (χ1) is 7.11. The van der Waals surface area contributed by atoms with Crippen molar-refractivity contribution in [2.75, 3.05) is 19.8 Å². The average molecular weight is 216 g/mol. The summed E-state index contributed by atoms with van der Waals surface area (Å²) >= 11 is 0. The number of nitrogens with two attached hydrogens (primary N) is 1. The second-order valence-electron chi connectivity index (χ2n) is 4.02. The molecule has 0 spiro atoms. The Kier molecular flexibility index (Phi) is 8.33. The summed E-state index contributed by atoms with van der Waals surface area (Å²) in [5.41, 5.74) is 5.55. The molecule has 0 bridgehead atoms. The molecule has 0 radical (unpaired) electrons. The summed E-state index contributed by atoms with van der Waals surface area (Å²) in [6, 6.07) is 0.0728. The minimum atomic E-state index is 0.0234. The lowest BCUT2D eigenvalue weighted by molar-refractivity contribution is -0.123. The molecular formula is C11H24N2O2. The molecule has 0 aliphatic rings. The zero-order valence-electron chi connectivity index (χ0n) is 10.1. The van der Waals surface area contributed by atoms with Gasteiger partial charge in [-0.2, -0.15) is 0 Å². The monoisotopic (exact) mass is 216 g/mol. The highest BCUT2D eigenvalue weighted by atomic mass is 16.5. The molecule has 0 aliphatic carbocycles. The number of hydrogen-bond donors (Lipinski definition) is 2. The summed E-state index contributed by atoms with van der Waals surface area (Å²) in [7, 11) is 0. The minimum Gasteiger partial charge on any atom is -0.381 e. The zero-order chi connectivity index (χ0) is 11.7. The van der Waals surface area contributed by atoms with E-state index in [-0.39, 0.29) is 11.9 Å². The smallest absolute Gasteiger partial charge is 0.222 e. The molecule has 0 saturated carbocycles. The van der Waals surface area contributed by atoms with E-state index in [4.69, 9.17) is 10.5 Å². The van der Waals surface area contributed by atoms with Crippen LogP contribution in [-0.2, 0) is 9.53 Å². The Morgan fingerprint density at radius 3 is 2.53 bits per heavy atom. The van der Waals surface area contributed by atoms with Crippen LogP contribution in [0.3, 0.4) is 0 Å². The van der Waals surface area contributed by atoms with E-state index in [1.807, 2.05) is 20.8 Å². The first kappa shape index (κ1) is 14.4. The fourth-order valence-corrected chi connectivity index (χ4v) is 1.19. The van der Waals surface area contributed by atoms with Gasteiger partial charge >= 0.3 is 0 Å². The molecule has 15 heavy (non-hydrogen) atoms. The minimum absolute atomic E-state index is 0.0234. The molecule has 1 atom stereocenters. The van der Waals surface area contributed by atoms with Crippen LogP contribution >= 0.6 is 0 Å². The molecule has 0 fully saturated rings. The van der Waals surface area contributed by atoms with Gasteiger partial charge in [-0.1, -0.05) is 20.8 Å².